The molecule has 1 fully saturated rings. The molecular formula is C24H25N5O4. The number of nitrogens with one attached hydrogen (secondary N) is 2. The van der Waals surface area contributed by atoms with Crippen molar-refractivity contribution in [2.45, 2.75) is 24.9 Å². The highest BCUT2D eigenvalue weighted by Crippen LogP contribution is 2.24. The molecule has 1 aliphatic heterocycles. The Morgan fingerprint density at radius 2 is 1.88 bits per heavy atom. The summed E-state index contributed by atoms with van der Waals surface area (Å²) in [5, 5.41) is 5.68. The van der Waals surface area contributed by atoms with Crippen molar-refractivity contribution in [2.75, 3.05) is 12.0 Å². The molecule has 0 aliphatic carbocycles. The summed E-state index contributed by atoms with van der Waals surface area (Å²) in [6, 6.07) is 14.5. The molecule has 2 N–H and O–H groups in total. The fourth-order valence-corrected chi connectivity index (χ4v) is 3.81. The number of ether oxygens (including phenoxy) is 1. The molecule has 4 amide bonds. The number of aryl methyl sites for hydroxylation is 1. The quantitative estimate of drug-likeness (QED) is 0.517. The smallest absolute Gasteiger partial charge is 0.329 e. The van der Waals surface area contributed by atoms with Crippen LogP contribution in [0.2, 0.25) is 0 Å². The van der Waals surface area contributed by atoms with E-state index in [1.165, 1.54) is 0 Å². The average Bonchev–Trinajstić information content (AvgIpc) is 3.38. The number of imide groups is 1. The molecule has 1 saturated heterocycles. The summed E-state index contributed by atoms with van der Waals surface area (Å²) in [7, 11) is 3.41. The van der Waals surface area contributed by atoms with E-state index in [0.717, 1.165) is 10.5 Å². The lowest BCUT2D eigenvalue weighted by molar-refractivity contribution is -0.122. The fraction of sp³-hybridized carbons (Fsp3) is 0.250. The lowest BCUT2D eigenvalue weighted by Crippen LogP contribution is -2.34. The summed E-state index contributed by atoms with van der Waals surface area (Å²) in [6.07, 6.45) is 3.75. The topological polar surface area (TPSA) is 106 Å². The van der Waals surface area contributed by atoms with Crippen LogP contribution < -0.4 is 20.3 Å². The standard InChI is InChI=1S/C24H25N5O4/c1-28-15-14-25-22(28)21(16-6-4-3-5-7-16)27-20(30)13-12-19-23(31)29(24(32)26-19)17-8-10-18(33-2)11-9-17/h3-11,14-15,19,21H,12-13H2,1-2H3,(H,26,32)(H,27,30). The minimum Gasteiger partial charge on any atom is -0.497 e. The number of amides is 4. The zero-order valence-corrected chi connectivity index (χ0v) is 18.4. The van der Waals surface area contributed by atoms with Gasteiger partial charge in [0.05, 0.1) is 12.8 Å². The van der Waals surface area contributed by atoms with Crippen molar-refractivity contribution in [3.05, 3.63) is 78.4 Å². The third-order valence-corrected chi connectivity index (χ3v) is 5.56. The lowest BCUT2D eigenvalue weighted by atomic mass is 10.1. The maximum absolute atomic E-state index is 12.8. The molecule has 2 atom stereocenters. The van der Waals surface area contributed by atoms with Crippen molar-refractivity contribution in [1.29, 1.82) is 0 Å². The molecule has 0 spiro atoms. The SMILES string of the molecule is COc1ccc(N2C(=O)NC(CCC(=O)NC(c3ccccc3)c3nccn3C)C2=O)cc1. The van der Waals surface area contributed by atoms with Gasteiger partial charge < -0.3 is 19.9 Å². The van der Waals surface area contributed by atoms with Crippen LogP contribution in [0.5, 0.6) is 5.75 Å². The molecule has 0 saturated carbocycles. The third kappa shape index (κ3) is 4.72. The zero-order chi connectivity index (χ0) is 23.4. The number of rotatable bonds is 8. The van der Waals surface area contributed by atoms with Crippen LogP contribution in [0.1, 0.15) is 30.3 Å². The first-order valence-corrected chi connectivity index (χ1v) is 10.6. The van der Waals surface area contributed by atoms with Gasteiger partial charge in [-0.1, -0.05) is 30.3 Å². The van der Waals surface area contributed by atoms with Gasteiger partial charge in [-0.05, 0) is 36.2 Å². The predicted molar refractivity (Wildman–Crippen MR) is 122 cm³/mol. The number of benzene rings is 2. The Morgan fingerprint density at radius 3 is 2.52 bits per heavy atom. The molecule has 4 rings (SSSR count). The van der Waals surface area contributed by atoms with Crippen LogP contribution in [0.25, 0.3) is 0 Å². The summed E-state index contributed by atoms with van der Waals surface area (Å²) in [5.41, 5.74) is 1.35. The molecule has 33 heavy (non-hydrogen) atoms. The normalized spacial score (nSPS) is 16.4. The number of methoxy groups -OCH3 is 1. The zero-order valence-electron chi connectivity index (χ0n) is 18.4. The van der Waals surface area contributed by atoms with Gasteiger partial charge in [0.25, 0.3) is 5.91 Å². The number of urea groups is 1. The van der Waals surface area contributed by atoms with Gasteiger partial charge in [-0.3, -0.25) is 9.59 Å². The first kappa shape index (κ1) is 22.1. The summed E-state index contributed by atoms with van der Waals surface area (Å²) in [4.78, 5) is 43.5. The van der Waals surface area contributed by atoms with E-state index < -0.39 is 18.1 Å². The van der Waals surface area contributed by atoms with Crippen molar-refractivity contribution < 1.29 is 19.1 Å². The molecule has 3 aromatic rings. The third-order valence-electron chi connectivity index (χ3n) is 5.56. The second-order valence-electron chi connectivity index (χ2n) is 7.72. The maximum atomic E-state index is 12.8. The molecule has 170 valence electrons. The number of anilines is 1. The Hall–Kier alpha value is -4.14. The highest BCUT2D eigenvalue weighted by molar-refractivity contribution is 6.21. The molecule has 1 aromatic heterocycles. The number of aromatic nitrogens is 2. The van der Waals surface area contributed by atoms with Gasteiger partial charge in [-0.15, -0.1) is 0 Å². The number of hydrogen-bond acceptors (Lipinski definition) is 5. The molecule has 2 unspecified atom stereocenters. The first-order chi connectivity index (χ1) is 16.0. The average molecular weight is 447 g/mol. The summed E-state index contributed by atoms with van der Waals surface area (Å²) >= 11 is 0. The second-order valence-corrected chi connectivity index (χ2v) is 7.72. The minimum absolute atomic E-state index is 0.0703. The van der Waals surface area contributed by atoms with Crippen LogP contribution in [0.4, 0.5) is 10.5 Å². The summed E-state index contributed by atoms with van der Waals surface area (Å²) in [5.74, 6) is 0.698. The van der Waals surface area contributed by atoms with Crippen molar-refractivity contribution in [3.8, 4) is 5.75 Å². The number of carbonyl (C=O) groups excluding carboxylic acids is 3. The molecule has 9 nitrogen and oxygen atoms in total. The second kappa shape index (κ2) is 9.56. The summed E-state index contributed by atoms with van der Waals surface area (Å²) < 4.78 is 6.97. The van der Waals surface area contributed by atoms with E-state index in [1.807, 2.05) is 48.1 Å². The van der Waals surface area contributed by atoms with Crippen molar-refractivity contribution in [2.24, 2.45) is 7.05 Å². The summed E-state index contributed by atoms with van der Waals surface area (Å²) in [6.45, 7) is 0. The van der Waals surface area contributed by atoms with Crippen molar-refractivity contribution in [3.63, 3.8) is 0 Å². The largest absolute Gasteiger partial charge is 0.497 e. The van der Waals surface area contributed by atoms with E-state index >= 15 is 0 Å². The van der Waals surface area contributed by atoms with Gasteiger partial charge in [0.1, 0.15) is 23.7 Å². The van der Waals surface area contributed by atoms with E-state index in [-0.39, 0.29) is 24.7 Å². The van der Waals surface area contributed by atoms with Crippen LogP contribution in [0, 0.1) is 0 Å². The first-order valence-electron chi connectivity index (χ1n) is 10.6. The minimum atomic E-state index is -0.770. The Labute approximate surface area is 191 Å². The Kier molecular flexibility index (Phi) is 6.39. The highest BCUT2D eigenvalue weighted by Gasteiger charge is 2.39. The van der Waals surface area contributed by atoms with Gasteiger partial charge >= 0.3 is 6.03 Å². The van der Waals surface area contributed by atoms with Crippen molar-refractivity contribution in [1.82, 2.24) is 20.2 Å². The van der Waals surface area contributed by atoms with Crippen molar-refractivity contribution >= 4 is 23.5 Å². The van der Waals surface area contributed by atoms with Crippen LogP contribution >= 0.6 is 0 Å². The van der Waals surface area contributed by atoms with Crippen LogP contribution in [0.3, 0.4) is 0 Å². The van der Waals surface area contributed by atoms with Gasteiger partial charge in [0.15, 0.2) is 0 Å². The van der Waals surface area contributed by atoms with E-state index in [1.54, 1.807) is 37.6 Å². The molecule has 0 radical (unpaired) electrons. The van der Waals surface area contributed by atoms with E-state index in [2.05, 4.69) is 15.6 Å². The van der Waals surface area contributed by atoms with Gasteiger partial charge in [0, 0.05) is 25.9 Å². The molecule has 0 bridgehead atoms. The Morgan fingerprint density at radius 1 is 1.15 bits per heavy atom. The van der Waals surface area contributed by atoms with Gasteiger partial charge in [-0.25, -0.2) is 14.7 Å². The number of carbonyl (C=O) groups is 3. The van der Waals surface area contributed by atoms with E-state index in [4.69, 9.17) is 4.74 Å². The predicted octanol–water partition coefficient (Wildman–Crippen LogP) is 2.54. The van der Waals surface area contributed by atoms with Crippen LogP contribution in [-0.2, 0) is 16.6 Å². The Balaban J connectivity index is 1.41. The molecule has 2 heterocycles. The number of imidazole rings is 1. The number of hydrogen-bond donors (Lipinski definition) is 2. The highest BCUT2D eigenvalue weighted by atomic mass is 16.5. The number of nitrogens with zero attached hydrogens (tertiary/aromatic N) is 3. The fourth-order valence-electron chi connectivity index (χ4n) is 3.81. The van der Waals surface area contributed by atoms with E-state index in [0.29, 0.717) is 17.3 Å². The maximum Gasteiger partial charge on any atom is 0.329 e. The molecule has 9 heteroatoms. The molecule has 2 aromatic carbocycles. The molecule has 1 aliphatic rings. The molecular weight excluding hydrogens is 422 g/mol. The lowest BCUT2D eigenvalue weighted by Gasteiger charge is -2.19. The van der Waals surface area contributed by atoms with Crippen LogP contribution in [0.15, 0.2) is 67.0 Å². The van der Waals surface area contributed by atoms with E-state index in [9.17, 15) is 14.4 Å². The van der Waals surface area contributed by atoms with Gasteiger partial charge in [-0.2, -0.15) is 0 Å². The monoisotopic (exact) mass is 447 g/mol. The Bertz CT molecular complexity index is 1140. The van der Waals surface area contributed by atoms with Gasteiger partial charge in [0.2, 0.25) is 5.91 Å². The van der Waals surface area contributed by atoms with Crippen LogP contribution in [-0.4, -0.2) is 40.5 Å².